The highest BCUT2D eigenvalue weighted by Gasteiger charge is 2.13. The van der Waals surface area contributed by atoms with Gasteiger partial charge in [-0.3, -0.25) is 4.98 Å². The minimum Gasteiger partial charge on any atom is -0.488 e. The molecule has 6 heteroatoms. The van der Waals surface area contributed by atoms with Gasteiger partial charge in [-0.1, -0.05) is 0 Å². The van der Waals surface area contributed by atoms with Crippen molar-refractivity contribution in [1.82, 2.24) is 14.3 Å². The summed E-state index contributed by atoms with van der Waals surface area (Å²) in [6, 6.07) is 3.62. The Bertz CT molecular complexity index is 518. The summed E-state index contributed by atoms with van der Waals surface area (Å²) in [5, 5.41) is 0.434. The van der Waals surface area contributed by atoms with Crippen LogP contribution in [0.15, 0.2) is 18.3 Å². The molecule has 2 heterocycles. The van der Waals surface area contributed by atoms with Crippen LogP contribution in [0.25, 0.3) is 11.5 Å². The van der Waals surface area contributed by atoms with E-state index in [1.54, 1.807) is 6.20 Å². The van der Waals surface area contributed by atoms with Crippen LogP contribution < -0.4 is 10.5 Å². The quantitative estimate of drug-likeness (QED) is 0.885. The van der Waals surface area contributed by atoms with Crippen molar-refractivity contribution in [1.29, 1.82) is 0 Å². The van der Waals surface area contributed by atoms with Crippen LogP contribution in [-0.4, -0.2) is 19.9 Å². The summed E-state index contributed by atoms with van der Waals surface area (Å²) >= 11 is 1.15. The Kier molecular flexibility index (Phi) is 2.97. The van der Waals surface area contributed by atoms with E-state index in [4.69, 9.17) is 10.5 Å². The first-order valence-corrected chi connectivity index (χ1v) is 5.96. The molecule has 2 aromatic rings. The minimum absolute atomic E-state index is 0.243. The molecule has 5 nitrogen and oxygen atoms in total. The lowest BCUT2D eigenvalue weighted by atomic mass is 10.2. The van der Waals surface area contributed by atoms with Crippen LogP contribution in [0.2, 0.25) is 0 Å². The first-order valence-electron chi connectivity index (χ1n) is 5.19. The number of anilines is 1. The molecule has 0 aliphatic carbocycles. The number of nitrogens with zero attached hydrogens (tertiary/aromatic N) is 3. The van der Waals surface area contributed by atoms with E-state index in [0.29, 0.717) is 16.6 Å². The summed E-state index contributed by atoms with van der Waals surface area (Å²) in [5.41, 5.74) is 5.97. The number of nitrogens with two attached hydrogens (primary N) is 1. The highest BCUT2D eigenvalue weighted by atomic mass is 32.1. The number of hydrogen-bond donors (Lipinski definition) is 1. The van der Waals surface area contributed by atoms with Gasteiger partial charge in [-0.15, -0.1) is 0 Å². The molecule has 2 rings (SSSR count). The van der Waals surface area contributed by atoms with Crippen molar-refractivity contribution in [2.24, 2.45) is 0 Å². The molecule has 2 N–H and O–H groups in total. The highest BCUT2D eigenvalue weighted by molar-refractivity contribution is 7.09. The molecule has 0 aliphatic heterocycles. The van der Waals surface area contributed by atoms with Gasteiger partial charge in [0.1, 0.15) is 17.0 Å². The molecule has 17 heavy (non-hydrogen) atoms. The first kappa shape index (κ1) is 11.8. The fourth-order valence-corrected chi connectivity index (χ4v) is 1.73. The molecule has 0 bridgehead atoms. The molecule has 0 spiro atoms. The second kappa shape index (κ2) is 4.29. The molecule has 0 fully saturated rings. The third-order valence-corrected chi connectivity index (χ3v) is 2.37. The van der Waals surface area contributed by atoms with E-state index in [0.717, 1.165) is 17.3 Å². The number of hydrogen-bond acceptors (Lipinski definition) is 6. The third-order valence-electron chi connectivity index (χ3n) is 1.83. The van der Waals surface area contributed by atoms with Gasteiger partial charge in [0.05, 0.1) is 0 Å². The van der Waals surface area contributed by atoms with Crippen molar-refractivity contribution in [3.63, 3.8) is 0 Å². The Labute approximate surface area is 104 Å². The molecular formula is C11H14N4OS. The van der Waals surface area contributed by atoms with Gasteiger partial charge in [0, 0.05) is 23.8 Å². The zero-order valence-corrected chi connectivity index (χ0v) is 10.8. The Morgan fingerprint density at radius 2 is 2.12 bits per heavy atom. The molecule has 0 unspecified atom stereocenters. The number of pyridine rings is 1. The fourth-order valence-electron chi connectivity index (χ4n) is 1.29. The average Bonchev–Trinajstić information content (AvgIpc) is 2.63. The number of aromatic nitrogens is 3. The summed E-state index contributed by atoms with van der Waals surface area (Å²) in [7, 11) is 0. The van der Waals surface area contributed by atoms with E-state index in [-0.39, 0.29) is 5.60 Å². The summed E-state index contributed by atoms with van der Waals surface area (Å²) in [4.78, 5) is 8.28. The van der Waals surface area contributed by atoms with E-state index < -0.39 is 0 Å². The van der Waals surface area contributed by atoms with E-state index in [1.165, 1.54) is 0 Å². The molecule has 0 atom stereocenters. The van der Waals surface area contributed by atoms with Crippen LogP contribution in [-0.2, 0) is 0 Å². The maximum Gasteiger partial charge on any atom is 0.200 e. The predicted octanol–water partition coefficient (Wildman–Crippen LogP) is 2.36. The Hall–Kier alpha value is -1.69. The largest absolute Gasteiger partial charge is 0.488 e. The van der Waals surface area contributed by atoms with E-state index in [1.807, 2.05) is 32.9 Å². The number of rotatable bonds is 2. The molecule has 0 radical (unpaired) electrons. The summed E-state index contributed by atoms with van der Waals surface area (Å²) < 4.78 is 9.86. The van der Waals surface area contributed by atoms with Crippen LogP contribution in [0.1, 0.15) is 20.8 Å². The second-order valence-electron chi connectivity index (χ2n) is 4.55. The van der Waals surface area contributed by atoms with Crippen molar-refractivity contribution >= 4 is 16.7 Å². The van der Waals surface area contributed by atoms with Crippen molar-refractivity contribution in [2.75, 3.05) is 5.73 Å². The Morgan fingerprint density at radius 3 is 2.71 bits per heavy atom. The third kappa shape index (κ3) is 3.13. The van der Waals surface area contributed by atoms with Crippen molar-refractivity contribution < 1.29 is 4.74 Å². The van der Waals surface area contributed by atoms with Gasteiger partial charge in [0.15, 0.2) is 11.0 Å². The van der Waals surface area contributed by atoms with E-state index >= 15 is 0 Å². The van der Waals surface area contributed by atoms with Crippen LogP contribution >= 0.6 is 11.5 Å². The van der Waals surface area contributed by atoms with Gasteiger partial charge in [0.25, 0.3) is 0 Å². The summed E-state index contributed by atoms with van der Waals surface area (Å²) in [6.45, 7) is 5.98. The maximum absolute atomic E-state index is 5.75. The van der Waals surface area contributed by atoms with Crippen LogP contribution in [0.4, 0.5) is 5.13 Å². The van der Waals surface area contributed by atoms with Gasteiger partial charge in [-0.25, -0.2) is 0 Å². The van der Waals surface area contributed by atoms with Gasteiger partial charge < -0.3 is 10.5 Å². The van der Waals surface area contributed by atoms with Crippen molar-refractivity contribution in [3.8, 4) is 17.3 Å². The van der Waals surface area contributed by atoms with Gasteiger partial charge in [-0.2, -0.15) is 9.36 Å². The van der Waals surface area contributed by atoms with Crippen LogP contribution in [0, 0.1) is 0 Å². The van der Waals surface area contributed by atoms with Gasteiger partial charge >= 0.3 is 0 Å². The monoisotopic (exact) mass is 250 g/mol. The molecule has 0 saturated carbocycles. The standard InChI is InChI=1S/C11H14N4OS/c1-11(2,3)16-7-4-5-13-8(6-7)9-14-10(12)17-15-9/h4-6H,1-3H3,(H2,12,14,15). The minimum atomic E-state index is -0.243. The van der Waals surface area contributed by atoms with E-state index in [9.17, 15) is 0 Å². The molecule has 0 aromatic carbocycles. The van der Waals surface area contributed by atoms with Crippen molar-refractivity contribution in [2.45, 2.75) is 26.4 Å². The molecular weight excluding hydrogens is 236 g/mol. The van der Waals surface area contributed by atoms with Crippen LogP contribution in [0.5, 0.6) is 5.75 Å². The fraction of sp³-hybridized carbons (Fsp3) is 0.364. The number of nitrogen functional groups attached to an aromatic ring is 1. The average molecular weight is 250 g/mol. The topological polar surface area (TPSA) is 73.9 Å². The smallest absolute Gasteiger partial charge is 0.200 e. The summed E-state index contributed by atoms with van der Waals surface area (Å²) in [5.74, 6) is 1.28. The zero-order chi connectivity index (χ0) is 12.5. The lowest BCUT2D eigenvalue weighted by molar-refractivity contribution is 0.131. The normalized spacial score (nSPS) is 11.5. The Morgan fingerprint density at radius 1 is 1.35 bits per heavy atom. The number of ether oxygens (including phenoxy) is 1. The molecule has 90 valence electrons. The maximum atomic E-state index is 5.75. The molecule has 2 aromatic heterocycles. The zero-order valence-electron chi connectivity index (χ0n) is 9.97. The summed E-state index contributed by atoms with van der Waals surface area (Å²) in [6.07, 6.45) is 1.67. The first-order chi connectivity index (χ1) is 7.94. The second-order valence-corrected chi connectivity index (χ2v) is 5.33. The molecule has 0 aliphatic rings. The van der Waals surface area contributed by atoms with E-state index in [2.05, 4.69) is 14.3 Å². The van der Waals surface area contributed by atoms with Gasteiger partial charge in [-0.05, 0) is 26.8 Å². The predicted molar refractivity (Wildman–Crippen MR) is 67.9 cm³/mol. The van der Waals surface area contributed by atoms with Crippen molar-refractivity contribution in [3.05, 3.63) is 18.3 Å². The highest BCUT2D eigenvalue weighted by Crippen LogP contribution is 2.23. The Balaban J connectivity index is 2.29. The van der Waals surface area contributed by atoms with Gasteiger partial charge in [0.2, 0.25) is 0 Å². The molecule has 0 amide bonds. The SMILES string of the molecule is CC(C)(C)Oc1ccnc(-c2nsc(N)n2)c1. The lowest BCUT2D eigenvalue weighted by Crippen LogP contribution is -2.22. The lowest BCUT2D eigenvalue weighted by Gasteiger charge is -2.21. The molecule has 0 saturated heterocycles. The van der Waals surface area contributed by atoms with Crippen LogP contribution in [0.3, 0.4) is 0 Å².